The number of fused-ring (bicyclic) bond motifs is 1. The molecule has 64 valence electrons. The van der Waals surface area contributed by atoms with Crippen LogP contribution in [0, 0.1) is 6.92 Å². The molecule has 0 atom stereocenters. The summed E-state index contributed by atoms with van der Waals surface area (Å²) in [4.78, 5) is 0. The fourth-order valence-electron chi connectivity index (χ4n) is 0.940. The molecule has 3 heteroatoms. The molecule has 2 aromatic rings. The number of pyridine rings is 1. The molecule has 0 amide bonds. The van der Waals surface area contributed by atoms with Gasteiger partial charge in [-0.1, -0.05) is 19.1 Å². The van der Waals surface area contributed by atoms with Crippen LogP contribution in [0.2, 0.25) is 0 Å². The van der Waals surface area contributed by atoms with Crippen molar-refractivity contribution in [3.63, 3.8) is 0 Å². The average Bonchev–Trinajstić information content (AvgIpc) is 2.54. The Labute approximate surface area is 72.0 Å². The highest BCUT2D eigenvalue weighted by Gasteiger charge is 1.91. The normalized spacial score (nSPS) is 9.25. The zero-order chi connectivity index (χ0) is 8.97. The Hall–Kier alpha value is -1.38. The first-order chi connectivity index (χ1) is 5.86. The molecule has 0 aliphatic carbocycles. The van der Waals surface area contributed by atoms with Gasteiger partial charge in [-0.25, -0.2) is 4.52 Å². The highest BCUT2D eigenvalue weighted by molar-refractivity contribution is 5.44. The van der Waals surface area contributed by atoms with E-state index in [0.29, 0.717) is 0 Å². The van der Waals surface area contributed by atoms with E-state index in [1.165, 1.54) is 5.56 Å². The Bertz CT molecular complexity index is 351. The summed E-state index contributed by atoms with van der Waals surface area (Å²) in [7, 11) is 0. The largest absolute Gasteiger partial charge is 0.221 e. The van der Waals surface area contributed by atoms with Crippen LogP contribution in [0.15, 0.2) is 24.5 Å². The van der Waals surface area contributed by atoms with Crippen LogP contribution in [-0.4, -0.2) is 14.8 Å². The van der Waals surface area contributed by atoms with Crippen LogP contribution in [0.3, 0.4) is 0 Å². The van der Waals surface area contributed by atoms with Gasteiger partial charge in [0.25, 0.3) is 0 Å². The van der Waals surface area contributed by atoms with E-state index in [4.69, 9.17) is 0 Å². The predicted octanol–water partition coefficient (Wildman–Crippen LogP) is 2.06. The van der Waals surface area contributed by atoms with Gasteiger partial charge in [-0.3, -0.25) is 0 Å². The van der Waals surface area contributed by atoms with Gasteiger partial charge in [0, 0.05) is 6.20 Å². The molecule has 0 N–H and O–H groups in total. The lowest BCUT2D eigenvalue weighted by molar-refractivity contribution is 0.854. The summed E-state index contributed by atoms with van der Waals surface area (Å²) in [6, 6.07) is 4.04. The van der Waals surface area contributed by atoms with Crippen LogP contribution in [0.1, 0.15) is 19.4 Å². The fraction of sp³-hybridized carbons (Fsp3) is 0.333. The number of hydrogen-bond acceptors (Lipinski definition) is 2. The van der Waals surface area contributed by atoms with Crippen molar-refractivity contribution >= 4 is 5.52 Å². The molecule has 0 spiro atoms. The lowest BCUT2D eigenvalue weighted by Gasteiger charge is -1.90. The number of aryl methyl sites for hydroxylation is 1. The third kappa shape index (κ3) is 1.61. The summed E-state index contributed by atoms with van der Waals surface area (Å²) < 4.78 is 1.74. The zero-order valence-electron chi connectivity index (χ0n) is 7.65. The maximum Gasteiger partial charge on any atom is 0.0867 e. The van der Waals surface area contributed by atoms with Crippen molar-refractivity contribution in [2.24, 2.45) is 0 Å². The maximum absolute atomic E-state index is 3.83. The van der Waals surface area contributed by atoms with Gasteiger partial charge in [0.1, 0.15) is 0 Å². The topological polar surface area (TPSA) is 30.2 Å². The molecule has 0 radical (unpaired) electrons. The second-order valence-corrected chi connectivity index (χ2v) is 2.31. The minimum absolute atomic E-state index is 1.04. The van der Waals surface area contributed by atoms with E-state index >= 15 is 0 Å². The average molecular weight is 163 g/mol. The molecule has 0 saturated carbocycles. The first-order valence-electron chi connectivity index (χ1n) is 4.13. The van der Waals surface area contributed by atoms with Gasteiger partial charge in [-0.05, 0) is 24.6 Å². The SMILES string of the molecule is CC.Cc1ccn2nncc2c1. The van der Waals surface area contributed by atoms with Crippen LogP contribution in [-0.2, 0) is 0 Å². The monoisotopic (exact) mass is 163 g/mol. The van der Waals surface area contributed by atoms with Crippen molar-refractivity contribution < 1.29 is 0 Å². The molecular formula is C9H13N3. The molecular weight excluding hydrogens is 150 g/mol. The van der Waals surface area contributed by atoms with Crippen LogP contribution in [0.4, 0.5) is 0 Å². The standard InChI is InChI=1S/C7H7N3.C2H6/c1-6-2-3-10-7(4-6)5-8-9-10;1-2/h2-5H,1H3;1-2H3. The Morgan fingerprint density at radius 2 is 2.08 bits per heavy atom. The Morgan fingerprint density at radius 3 is 2.83 bits per heavy atom. The van der Waals surface area contributed by atoms with Crippen molar-refractivity contribution in [2.75, 3.05) is 0 Å². The summed E-state index contributed by atoms with van der Waals surface area (Å²) in [6.45, 7) is 6.05. The van der Waals surface area contributed by atoms with Crippen molar-refractivity contribution in [3.8, 4) is 0 Å². The molecule has 3 nitrogen and oxygen atoms in total. The molecule has 0 bridgehead atoms. The maximum atomic E-state index is 3.83. The first kappa shape index (κ1) is 8.71. The van der Waals surface area contributed by atoms with Crippen molar-refractivity contribution in [2.45, 2.75) is 20.8 Å². The molecule has 0 aliphatic heterocycles. The van der Waals surface area contributed by atoms with E-state index in [9.17, 15) is 0 Å². The van der Waals surface area contributed by atoms with Crippen LogP contribution in [0.5, 0.6) is 0 Å². The molecule has 12 heavy (non-hydrogen) atoms. The quantitative estimate of drug-likeness (QED) is 0.595. The van der Waals surface area contributed by atoms with Crippen molar-refractivity contribution in [1.82, 2.24) is 14.8 Å². The molecule has 2 rings (SSSR count). The fourth-order valence-corrected chi connectivity index (χ4v) is 0.940. The van der Waals surface area contributed by atoms with Gasteiger partial charge in [0.2, 0.25) is 0 Å². The van der Waals surface area contributed by atoms with Crippen LogP contribution in [0.25, 0.3) is 5.52 Å². The molecule has 0 fully saturated rings. The number of rotatable bonds is 0. The number of aromatic nitrogens is 3. The zero-order valence-corrected chi connectivity index (χ0v) is 7.65. The minimum atomic E-state index is 1.04. The van der Waals surface area contributed by atoms with E-state index in [0.717, 1.165) is 5.52 Å². The molecule has 2 aromatic heterocycles. The second kappa shape index (κ2) is 3.85. The summed E-state index contributed by atoms with van der Waals surface area (Å²) in [5.74, 6) is 0. The summed E-state index contributed by atoms with van der Waals surface area (Å²) in [6.07, 6.45) is 3.64. The molecule has 2 heterocycles. The van der Waals surface area contributed by atoms with Gasteiger partial charge < -0.3 is 0 Å². The Morgan fingerprint density at radius 1 is 1.33 bits per heavy atom. The van der Waals surface area contributed by atoms with Crippen molar-refractivity contribution in [3.05, 3.63) is 30.1 Å². The van der Waals surface area contributed by atoms with Gasteiger partial charge in [0.15, 0.2) is 0 Å². The summed E-state index contributed by atoms with van der Waals surface area (Å²) in [5.41, 5.74) is 2.27. The lowest BCUT2D eigenvalue weighted by Crippen LogP contribution is -1.85. The first-order valence-corrected chi connectivity index (χ1v) is 4.13. The molecule has 0 saturated heterocycles. The number of hydrogen-bond donors (Lipinski definition) is 0. The number of nitrogens with zero attached hydrogens (tertiary/aromatic N) is 3. The summed E-state index contributed by atoms with van der Waals surface area (Å²) >= 11 is 0. The Balaban J connectivity index is 0.000000336. The van der Waals surface area contributed by atoms with Gasteiger partial charge >= 0.3 is 0 Å². The summed E-state index contributed by atoms with van der Waals surface area (Å²) in [5, 5.41) is 7.58. The van der Waals surface area contributed by atoms with E-state index < -0.39 is 0 Å². The molecule has 0 aliphatic rings. The smallest absolute Gasteiger partial charge is 0.0867 e. The highest BCUT2D eigenvalue weighted by Crippen LogP contribution is 2.02. The highest BCUT2D eigenvalue weighted by atomic mass is 15.4. The van der Waals surface area contributed by atoms with E-state index in [1.54, 1.807) is 10.7 Å². The van der Waals surface area contributed by atoms with Gasteiger partial charge in [-0.15, -0.1) is 5.10 Å². The second-order valence-electron chi connectivity index (χ2n) is 2.31. The third-order valence-corrected chi connectivity index (χ3v) is 1.46. The van der Waals surface area contributed by atoms with E-state index in [2.05, 4.69) is 10.3 Å². The predicted molar refractivity (Wildman–Crippen MR) is 49.1 cm³/mol. The van der Waals surface area contributed by atoms with Crippen LogP contribution >= 0.6 is 0 Å². The van der Waals surface area contributed by atoms with Crippen molar-refractivity contribution in [1.29, 1.82) is 0 Å². The lowest BCUT2D eigenvalue weighted by atomic mass is 10.3. The van der Waals surface area contributed by atoms with E-state index in [1.807, 2.05) is 39.1 Å². The minimum Gasteiger partial charge on any atom is -0.221 e. The Kier molecular flexibility index (Phi) is 2.80. The van der Waals surface area contributed by atoms with Crippen LogP contribution < -0.4 is 0 Å². The van der Waals surface area contributed by atoms with Gasteiger partial charge in [0.05, 0.1) is 11.7 Å². The molecule has 0 aromatic carbocycles. The van der Waals surface area contributed by atoms with E-state index in [-0.39, 0.29) is 0 Å². The molecule has 0 unspecified atom stereocenters. The van der Waals surface area contributed by atoms with Gasteiger partial charge in [-0.2, -0.15) is 0 Å². The third-order valence-electron chi connectivity index (χ3n) is 1.46.